The molecule has 5 rings (SSSR count). The van der Waals surface area contributed by atoms with Crippen LogP contribution in [0.5, 0.6) is 0 Å². The Labute approximate surface area is 238 Å². The molecule has 0 spiro atoms. The van der Waals surface area contributed by atoms with Crippen LogP contribution < -0.4 is 0 Å². The first-order valence-corrected chi connectivity index (χ1v) is 14.3. The lowest BCUT2D eigenvalue weighted by Crippen LogP contribution is -2.43. The van der Waals surface area contributed by atoms with Crippen LogP contribution in [0.4, 0.5) is 0 Å². The molecule has 1 heterocycles. The zero-order valence-corrected chi connectivity index (χ0v) is 23.6. The summed E-state index contributed by atoms with van der Waals surface area (Å²) < 4.78 is 18.7. The number of Topliss-reactive ketones (excluding diaryl/α,β-unsaturated/α-hetero) is 1. The van der Waals surface area contributed by atoms with E-state index in [2.05, 4.69) is 24.3 Å². The van der Waals surface area contributed by atoms with Crippen molar-refractivity contribution in [3.8, 4) is 0 Å². The highest BCUT2D eigenvalue weighted by atomic mass is 16.5. The van der Waals surface area contributed by atoms with E-state index >= 15 is 0 Å². The lowest BCUT2D eigenvalue weighted by molar-refractivity contribution is -0.127. The summed E-state index contributed by atoms with van der Waals surface area (Å²) in [5.74, 6) is 0.0117. The fourth-order valence-electron chi connectivity index (χ4n) is 4.96. The molecule has 4 nitrogen and oxygen atoms in total. The predicted molar refractivity (Wildman–Crippen MR) is 160 cm³/mol. The van der Waals surface area contributed by atoms with Crippen molar-refractivity contribution in [3.05, 3.63) is 143 Å². The number of benzene rings is 4. The number of carbonyl (C=O) groups is 1. The van der Waals surface area contributed by atoms with E-state index < -0.39 is 6.10 Å². The van der Waals surface area contributed by atoms with Gasteiger partial charge in [0.15, 0.2) is 5.78 Å². The Balaban J connectivity index is 0.00000181. The van der Waals surface area contributed by atoms with E-state index in [0.29, 0.717) is 44.6 Å². The van der Waals surface area contributed by atoms with E-state index in [1.807, 2.05) is 105 Å². The fraction of sp³-hybridized carbons (Fsp3) is 0.306. The Hall–Kier alpha value is -3.57. The van der Waals surface area contributed by atoms with Crippen LogP contribution in [0.1, 0.15) is 59.3 Å². The van der Waals surface area contributed by atoms with Gasteiger partial charge in [-0.1, -0.05) is 129 Å². The molecule has 1 saturated heterocycles. The molecule has 0 aromatic heterocycles. The second-order valence-electron chi connectivity index (χ2n) is 9.82. The van der Waals surface area contributed by atoms with Gasteiger partial charge in [0.05, 0.1) is 32.0 Å². The van der Waals surface area contributed by atoms with Crippen LogP contribution in [-0.4, -0.2) is 30.7 Å². The van der Waals surface area contributed by atoms with E-state index in [4.69, 9.17) is 14.2 Å². The first-order valence-electron chi connectivity index (χ1n) is 14.3. The molecule has 208 valence electrons. The van der Waals surface area contributed by atoms with Gasteiger partial charge >= 0.3 is 0 Å². The number of rotatable bonds is 11. The monoisotopic (exact) mass is 536 g/mol. The van der Waals surface area contributed by atoms with Crippen molar-refractivity contribution in [2.75, 3.05) is 6.61 Å². The average Bonchev–Trinajstić information content (AvgIpc) is 3.02. The average molecular weight is 537 g/mol. The fourth-order valence-corrected chi connectivity index (χ4v) is 4.96. The first kappa shape index (κ1) is 29.4. The van der Waals surface area contributed by atoms with Crippen LogP contribution >= 0.6 is 0 Å². The van der Waals surface area contributed by atoms with Crippen LogP contribution in [0.3, 0.4) is 0 Å². The van der Waals surface area contributed by atoms with Crippen LogP contribution in [0.2, 0.25) is 0 Å². The first-order chi connectivity index (χ1) is 19.7. The van der Waals surface area contributed by atoms with Crippen molar-refractivity contribution < 1.29 is 19.0 Å². The third-order valence-electron chi connectivity index (χ3n) is 6.92. The standard InChI is InChI=1S/C34H34O4.C2H6/c35-34(32-19-11-10-18-29(32)20-26-12-4-1-5-13-26)33-22-30(37-24-28-16-8-3-9-17-28)21-31(38-33)25-36-23-27-14-6-2-7-15-27;1-2/h1-19,30-31,33H,20-25H2;1-2H3/t30-,31?,33+;/m0./s1. The van der Waals surface area contributed by atoms with Crippen molar-refractivity contribution in [3.63, 3.8) is 0 Å². The molecular formula is C36H40O4. The third kappa shape index (κ3) is 8.72. The van der Waals surface area contributed by atoms with E-state index in [0.717, 1.165) is 16.7 Å². The lowest BCUT2D eigenvalue weighted by atomic mass is 9.91. The predicted octanol–water partition coefficient (Wildman–Crippen LogP) is 7.84. The molecular weight excluding hydrogens is 496 g/mol. The van der Waals surface area contributed by atoms with Crippen molar-refractivity contribution >= 4 is 5.78 Å². The summed E-state index contributed by atoms with van der Waals surface area (Å²) in [7, 11) is 0. The number of carbonyl (C=O) groups excluding carboxylic acids is 1. The maximum absolute atomic E-state index is 13.9. The van der Waals surface area contributed by atoms with Crippen molar-refractivity contribution in [1.82, 2.24) is 0 Å². The van der Waals surface area contributed by atoms with Gasteiger partial charge in [0, 0.05) is 18.4 Å². The van der Waals surface area contributed by atoms with Gasteiger partial charge in [-0.2, -0.15) is 0 Å². The minimum atomic E-state index is -0.577. The number of ether oxygens (including phenoxy) is 3. The highest BCUT2D eigenvalue weighted by Crippen LogP contribution is 2.28. The Kier molecular flexibility index (Phi) is 11.7. The molecule has 0 radical (unpaired) electrons. The molecule has 4 aromatic rings. The zero-order valence-electron chi connectivity index (χ0n) is 23.6. The Bertz CT molecular complexity index is 1270. The third-order valence-corrected chi connectivity index (χ3v) is 6.92. The summed E-state index contributed by atoms with van der Waals surface area (Å²) in [4.78, 5) is 13.9. The summed E-state index contributed by atoms with van der Waals surface area (Å²) >= 11 is 0. The molecule has 0 N–H and O–H groups in total. The summed E-state index contributed by atoms with van der Waals surface area (Å²) in [5, 5.41) is 0. The molecule has 0 amide bonds. The van der Waals surface area contributed by atoms with Crippen LogP contribution in [-0.2, 0) is 33.8 Å². The molecule has 0 bridgehead atoms. The smallest absolute Gasteiger partial charge is 0.191 e. The maximum Gasteiger partial charge on any atom is 0.191 e. The Morgan fingerprint density at radius 2 is 1.25 bits per heavy atom. The normalized spacial score (nSPS) is 18.4. The quantitative estimate of drug-likeness (QED) is 0.183. The van der Waals surface area contributed by atoms with Gasteiger partial charge in [-0.3, -0.25) is 4.79 Å². The molecule has 1 aliphatic heterocycles. The van der Waals surface area contributed by atoms with Crippen molar-refractivity contribution in [1.29, 1.82) is 0 Å². The van der Waals surface area contributed by atoms with Gasteiger partial charge in [-0.15, -0.1) is 0 Å². The molecule has 4 aromatic carbocycles. The molecule has 1 fully saturated rings. The van der Waals surface area contributed by atoms with Crippen LogP contribution in [0.15, 0.2) is 115 Å². The minimum absolute atomic E-state index is 0.0117. The van der Waals surface area contributed by atoms with E-state index in [-0.39, 0.29) is 18.0 Å². The molecule has 40 heavy (non-hydrogen) atoms. The van der Waals surface area contributed by atoms with Gasteiger partial charge in [0.2, 0.25) is 0 Å². The Morgan fingerprint density at radius 3 is 1.90 bits per heavy atom. The lowest BCUT2D eigenvalue weighted by Gasteiger charge is -2.35. The van der Waals surface area contributed by atoms with Gasteiger partial charge in [0.1, 0.15) is 6.10 Å². The highest BCUT2D eigenvalue weighted by Gasteiger charge is 2.35. The number of hydrogen-bond donors (Lipinski definition) is 0. The van der Waals surface area contributed by atoms with Gasteiger partial charge in [-0.05, 0) is 28.7 Å². The van der Waals surface area contributed by atoms with Crippen molar-refractivity contribution in [2.24, 2.45) is 0 Å². The summed E-state index contributed by atoms with van der Waals surface area (Å²) in [6.07, 6.45) is 1.03. The Morgan fingerprint density at radius 1 is 0.700 bits per heavy atom. The minimum Gasteiger partial charge on any atom is -0.374 e. The van der Waals surface area contributed by atoms with Gasteiger partial charge < -0.3 is 14.2 Å². The summed E-state index contributed by atoms with van der Waals surface area (Å²) in [5.41, 5.74) is 5.13. The molecule has 0 aliphatic carbocycles. The maximum atomic E-state index is 13.9. The van der Waals surface area contributed by atoms with Gasteiger partial charge in [0.25, 0.3) is 0 Å². The summed E-state index contributed by atoms with van der Waals surface area (Å²) in [6, 6.07) is 38.3. The van der Waals surface area contributed by atoms with Crippen molar-refractivity contribution in [2.45, 2.75) is 64.6 Å². The second-order valence-corrected chi connectivity index (χ2v) is 9.82. The molecule has 1 unspecified atom stereocenters. The highest BCUT2D eigenvalue weighted by molar-refractivity contribution is 6.01. The number of ketones is 1. The summed E-state index contributed by atoms with van der Waals surface area (Å²) in [6.45, 7) is 5.43. The second kappa shape index (κ2) is 15.9. The van der Waals surface area contributed by atoms with Crippen LogP contribution in [0, 0.1) is 0 Å². The van der Waals surface area contributed by atoms with E-state index in [9.17, 15) is 4.79 Å². The molecule has 3 atom stereocenters. The molecule has 0 saturated carbocycles. The van der Waals surface area contributed by atoms with Gasteiger partial charge in [-0.25, -0.2) is 0 Å². The largest absolute Gasteiger partial charge is 0.374 e. The van der Waals surface area contributed by atoms with E-state index in [1.165, 1.54) is 5.56 Å². The molecule has 4 heteroatoms. The number of hydrogen-bond acceptors (Lipinski definition) is 4. The van der Waals surface area contributed by atoms with E-state index in [1.54, 1.807) is 0 Å². The zero-order chi connectivity index (χ0) is 28.0. The topological polar surface area (TPSA) is 44.8 Å². The van der Waals surface area contributed by atoms with Crippen LogP contribution in [0.25, 0.3) is 0 Å². The SMILES string of the molecule is CC.O=C(c1ccccc1Cc1ccccc1)[C@H]1C[C@@H](OCc2ccccc2)CC(COCc2ccccc2)O1. The molecule has 1 aliphatic rings.